The predicted octanol–water partition coefficient (Wildman–Crippen LogP) is 2.94. The summed E-state index contributed by atoms with van der Waals surface area (Å²) in [6, 6.07) is 15.5. The van der Waals surface area contributed by atoms with E-state index in [4.69, 9.17) is 15.6 Å². The molecule has 5 nitrogen and oxygen atoms in total. The molecule has 0 bridgehead atoms. The van der Waals surface area contributed by atoms with E-state index >= 15 is 0 Å². The molecular weight excluding hydrogens is 302 g/mol. The summed E-state index contributed by atoms with van der Waals surface area (Å²) >= 11 is 0. The highest BCUT2D eigenvalue weighted by atomic mass is 16.5. The Kier molecular flexibility index (Phi) is 6.63. The van der Waals surface area contributed by atoms with Crippen LogP contribution < -0.4 is 15.8 Å². The van der Waals surface area contributed by atoms with Crippen LogP contribution in [0, 0.1) is 0 Å². The number of ether oxygens (including phenoxy) is 1. The number of rotatable bonds is 7. The van der Waals surface area contributed by atoms with E-state index in [0.717, 1.165) is 23.4 Å². The van der Waals surface area contributed by atoms with Gasteiger partial charge in [-0.1, -0.05) is 24.3 Å². The van der Waals surface area contributed by atoms with Crippen LogP contribution in [0.15, 0.2) is 53.5 Å². The zero-order valence-corrected chi connectivity index (χ0v) is 14.2. The monoisotopic (exact) mass is 327 g/mol. The first kappa shape index (κ1) is 17.8. The Morgan fingerprint density at radius 3 is 2.29 bits per heavy atom. The Morgan fingerprint density at radius 1 is 1.08 bits per heavy atom. The summed E-state index contributed by atoms with van der Waals surface area (Å²) in [7, 11) is 0. The second kappa shape index (κ2) is 8.93. The largest absolute Gasteiger partial charge is 0.491 e. The van der Waals surface area contributed by atoms with Gasteiger partial charge in [-0.25, -0.2) is 0 Å². The summed E-state index contributed by atoms with van der Waals surface area (Å²) in [5.41, 5.74) is 8.86. The second-order valence-corrected chi connectivity index (χ2v) is 5.81. The minimum atomic E-state index is 0.0658. The lowest BCUT2D eigenvalue weighted by Crippen LogP contribution is -2.23. The minimum absolute atomic E-state index is 0.0658. The van der Waals surface area contributed by atoms with Gasteiger partial charge in [-0.2, -0.15) is 0 Å². The van der Waals surface area contributed by atoms with Gasteiger partial charge in [-0.15, -0.1) is 0 Å². The third-order valence-electron chi connectivity index (χ3n) is 3.39. The molecule has 0 aliphatic heterocycles. The van der Waals surface area contributed by atoms with E-state index < -0.39 is 0 Å². The van der Waals surface area contributed by atoms with E-state index in [1.165, 1.54) is 5.56 Å². The van der Waals surface area contributed by atoms with Crippen LogP contribution in [0.1, 0.15) is 25.0 Å². The van der Waals surface area contributed by atoms with Crippen LogP contribution >= 0.6 is 0 Å². The fraction of sp³-hybridized carbons (Fsp3) is 0.316. The normalized spacial score (nSPS) is 11.6. The van der Waals surface area contributed by atoms with E-state index in [0.29, 0.717) is 12.5 Å². The molecule has 0 radical (unpaired) electrons. The molecule has 0 spiro atoms. The molecule has 24 heavy (non-hydrogen) atoms. The van der Waals surface area contributed by atoms with Gasteiger partial charge < -0.3 is 20.9 Å². The molecule has 0 heterocycles. The summed E-state index contributed by atoms with van der Waals surface area (Å²) < 4.78 is 5.60. The molecule has 0 amide bonds. The summed E-state index contributed by atoms with van der Waals surface area (Å²) in [6.45, 7) is 4.66. The average Bonchev–Trinajstić information content (AvgIpc) is 2.57. The zero-order valence-electron chi connectivity index (χ0n) is 14.2. The van der Waals surface area contributed by atoms with Crippen molar-refractivity contribution in [2.45, 2.75) is 33.0 Å². The maximum atomic E-state index is 9.02. The van der Waals surface area contributed by atoms with Crippen molar-refractivity contribution in [2.24, 2.45) is 10.7 Å². The molecule has 2 aromatic rings. The highest BCUT2D eigenvalue weighted by Gasteiger charge is 1.99. The number of hydrogen-bond donors (Lipinski definition) is 3. The van der Waals surface area contributed by atoms with Gasteiger partial charge in [0.1, 0.15) is 5.75 Å². The smallest absolute Gasteiger partial charge is 0.193 e. The van der Waals surface area contributed by atoms with Gasteiger partial charge in [0.25, 0.3) is 0 Å². The third kappa shape index (κ3) is 5.93. The number of hydrogen-bond acceptors (Lipinski definition) is 3. The fourth-order valence-corrected chi connectivity index (χ4v) is 2.19. The van der Waals surface area contributed by atoms with E-state index in [9.17, 15) is 0 Å². The van der Waals surface area contributed by atoms with Crippen LogP contribution in [-0.4, -0.2) is 23.7 Å². The Balaban J connectivity index is 1.82. The lowest BCUT2D eigenvalue weighted by atomic mass is 10.1. The number of aliphatic hydroxyl groups excluding tert-OH is 1. The van der Waals surface area contributed by atoms with Crippen molar-refractivity contribution < 1.29 is 9.84 Å². The number of nitrogens with one attached hydrogen (secondary N) is 1. The van der Waals surface area contributed by atoms with Gasteiger partial charge >= 0.3 is 0 Å². The van der Waals surface area contributed by atoms with Crippen molar-refractivity contribution >= 4 is 11.6 Å². The zero-order chi connectivity index (χ0) is 17.4. The first-order valence-electron chi connectivity index (χ1n) is 8.09. The van der Waals surface area contributed by atoms with E-state index in [-0.39, 0.29) is 12.7 Å². The molecule has 128 valence electrons. The summed E-state index contributed by atoms with van der Waals surface area (Å²) in [4.78, 5) is 4.33. The van der Waals surface area contributed by atoms with Crippen LogP contribution in [0.5, 0.6) is 5.75 Å². The lowest BCUT2D eigenvalue weighted by molar-refractivity contribution is 0.242. The van der Waals surface area contributed by atoms with Crippen molar-refractivity contribution in [1.82, 2.24) is 0 Å². The maximum Gasteiger partial charge on any atom is 0.193 e. The molecule has 0 atom stereocenters. The molecule has 0 unspecified atom stereocenters. The number of guanidine groups is 1. The van der Waals surface area contributed by atoms with Gasteiger partial charge in [-0.05, 0) is 55.7 Å². The Labute approximate surface area is 143 Å². The molecule has 2 rings (SSSR count). The van der Waals surface area contributed by atoms with Crippen molar-refractivity contribution in [1.29, 1.82) is 0 Å². The Hall–Kier alpha value is -2.53. The molecule has 0 fully saturated rings. The molecule has 5 heteroatoms. The average molecular weight is 327 g/mol. The molecule has 0 aliphatic carbocycles. The van der Waals surface area contributed by atoms with Gasteiger partial charge in [0.15, 0.2) is 5.96 Å². The van der Waals surface area contributed by atoms with E-state index in [1.807, 2.05) is 62.4 Å². The van der Waals surface area contributed by atoms with Crippen molar-refractivity contribution in [3.05, 3.63) is 59.7 Å². The standard InChI is InChI=1S/C19H25N3O2/c1-14(2)24-18-9-7-17(8-10-18)22-19(20)21-12-11-15-3-5-16(13-23)6-4-15/h3-10,14,23H,11-13H2,1-2H3,(H3,20,21,22). The molecule has 0 aromatic heterocycles. The Bertz CT molecular complexity index is 649. The highest BCUT2D eigenvalue weighted by Crippen LogP contribution is 2.16. The first-order chi connectivity index (χ1) is 11.6. The molecule has 4 N–H and O–H groups in total. The molecule has 0 saturated carbocycles. The second-order valence-electron chi connectivity index (χ2n) is 5.81. The summed E-state index contributed by atoms with van der Waals surface area (Å²) in [6.07, 6.45) is 0.955. The summed E-state index contributed by atoms with van der Waals surface area (Å²) in [5, 5.41) is 12.1. The van der Waals surface area contributed by atoms with E-state index in [1.54, 1.807) is 0 Å². The highest BCUT2D eigenvalue weighted by molar-refractivity contribution is 5.92. The Morgan fingerprint density at radius 2 is 1.71 bits per heavy atom. The van der Waals surface area contributed by atoms with Crippen LogP contribution in [0.3, 0.4) is 0 Å². The number of aliphatic imine (C=N–C) groups is 1. The molecular formula is C19H25N3O2. The quantitative estimate of drug-likeness (QED) is 0.539. The number of anilines is 1. The van der Waals surface area contributed by atoms with Crippen LogP contribution in [0.4, 0.5) is 5.69 Å². The lowest BCUT2D eigenvalue weighted by Gasteiger charge is -2.11. The minimum Gasteiger partial charge on any atom is -0.491 e. The number of benzene rings is 2. The van der Waals surface area contributed by atoms with Crippen molar-refractivity contribution in [3.63, 3.8) is 0 Å². The van der Waals surface area contributed by atoms with Gasteiger partial charge in [0, 0.05) is 12.2 Å². The van der Waals surface area contributed by atoms with Crippen molar-refractivity contribution in [2.75, 3.05) is 11.9 Å². The van der Waals surface area contributed by atoms with Crippen LogP contribution in [0.2, 0.25) is 0 Å². The van der Waals surface area contributed by atoms with Crippen molar-refractivity contribution in [3.8, 4) is 5.75 Å². The number of nitrogens with zero attached hydrogens (tertiary/aromatic N) is 1. The fourth-order valence-electron chi connectivity index (χ4n) is 2.19. The van der Waals surface area contributed by atoms with Gasteiger partial charge in [0.05, 0.1) is 12.7 Å². The van der Waals surface area contributed by atoms with Crippen LogP contribution in [-0.2, 0) is 13.0 Å². The topological polar surface area (TPSA) is 79.9 Å². The SMILES string of the molecule is CC(C)Oc1ccc(NC(N)=NCCc2ccc(CO)cc2)cc1. The molecule has 0 saturated heterocycles. The summed E-state index contributed by atoms with van der Waals surface area (Å²) in [5.74, 6) is 1.22. The van der Waals surface area contributed by atoms with Crippen LogP contribution in [0.25, 0.3) is 0 Å². The van der Waals surface area contributed by atoms with Gasteiger partial charge in [-0.3, -0.25) is 4.99 Å². The van der Waals surface area contributed by atoms with E-state index in [2.05, 4.69) is 10.3 Å². The molecule has 0 aliphatic rings. The predicted molar refractivity (Wildman–Crippen MR) is 98.4 cm³/mol. The first-order valence-corrected chi connectivity index (χ1v) is 8.09. The molecule has 2 aromatic carbocycles. The van der Waals surface area contributed by atoms with Gasteiger partial charge in [0.2, 0.25) is 0 Å². The third-order valence-corrected chi connectivity index (χ3v) is 3.39. The maximum absolute atomic E-state index is 9.02. The number of nitrogens with two attached hydrogens (primary N) is 1. The number of aliphatic hydroxyl groups is 1.